The van der Waals surface area contributed by atoms with E-state index in [0.717, 1.165) is 45.4 Å². The van der Waals surface area contributed by atoms with E-state index in [1.165, 1.54) is 0 Å². The highest BCUT2D eigenvalue weighted by Crippen LogP contribution is 2.28. The third-order valence-electron chi connectivity index (χ3n) is 4.42. The predicted molar refractivity (Wildman–Crippen MR) is 73.2 cm³/mol. The van der Waals surface area contributed by atoms with Crippen molar-refractivity contribution in [3.8, 4) is 0 Å². The van der Waals surface area contributed by atoms with Crippen molar-refractivity contribution in [2.75, 3.05) is 33.4 Å². The van der Waals surface area contributed by atoms with Crippen molar-refractivity contribution in [2.24, 2.45) is 17.1 Å². The quantitative estimate of drug-likeness (QED) is 0.786. The Bertz CT molecular complexity index is 250. The number of nitrogens with zero attached hydrogens (tertiary/aromatic N) is 1. The minimum Gasteiger partial charge on any atom is -0.381 e. The van der Waals surface area contributed by atoms with Gasteiger partial charge in [-0.25, -0.2) is 0 Å². The van der Waals surface area contributed by atoms with Crippen LogP contribution in [0, 0.1) is 11.3 Å². The summed E-state index contributed by atoms with van der Waals surface area (Å²) in [7, 11) is 1.91. The van der Waals surface area contributed by atoms with Crippen LogP contribution in [0.1, 0.15) is 39.5 Å². The Morgan fingerprint density at radius 1 is 1.33 bits per heavy atom. The molecule has 1 heterocycles. The zero-order valence-electron chi connectivity index (χ0n) is 12.1. The van der Waals surface area contributed by atoms with E-state index in [0.29, 0.717) is 12.5 Å². The summed E-state index contributed by atoms with van der Waals surface area (Å²) in [6.45, 7) is 7.04. The molecule has 1 saturated heterocycles. The molecule has 0 aromatic rings. The second-order valence-electron chi connectivity index (χ2n) is 5.43. The van der Waals surface area contributed by atoms with E-state index >= 15 is 0 Å². The normalized spacial score (nSPS) is 17.8. The van der Waals surface area contributed by atoms with E-state index in [2.05, 4.69) is 13.8 Å². The summed E-state index contributed by atoms with van der Waals surface area (Å²) in [6.07, 6.45) is 3.75. The maximum atomic E-state index is 12.5. The van der Waals surface area contributed by atoms with Gasteiger partial charge in [0.25, 0.3) is 0 Å². The van der Waals surface area contributed by atoms with Crippen LogP contribution in [-0.2, 0) is 9.53 Å². The Kier molecular flexibility index (Phi) is 6.09. The highest BCUT2D eigenvalue weighted by Gasteiger charge is 2.36. The minimum atomic E-state index is -0.361. The van der Waals surface area contributed by atoms with Gasteiger partial charge in [-0.1, -0.05) is 13.8 Å². The van der Waals surface area contributed by atoms with Gasteiger partial charge in [-0.05, 0) is 31.6 Å². The zero-order valence-corrected chi connectivity index (χ0v) is 12.1. The first-order valence-electron chi connectivity index (χ1n) is 7.13. The maximum absolute atomic E-state index is 12.5. The Labute approximate surface area is 111 Å². The lowest BCUT2D eigenvalue weighted by molar-refractivity contribution is -0.141. The first kappa shape index (κ1) is 15.4. The van der Waals surface area contributed by atoms with Gasteiger partial charge in [0.15, 0.2) is 0 Å². The predicted octanol–water partition coefficient (Wildman–Crippen LogP) is 1.64. The van der Waals surface area contributed by atoms with Crippen LogP contribution in [0.15, 0.2) is 0 Å². The second-order valence-corrected chi connectivity index (χ2v) is 5.43. The van der Waals surface area contributed by atoms with Crippen molar-refractivity contribution in [1.29, 1.82) is 0 Å². The average molecular weight is 256 g/mol. The second kappa shape index (κ2) is 7.10. The number of nitrogens with two attached hydrogens (primary N) is 1. The van der Waals surface area contributed by atoms with Gasteiger partial charge in [-0.2, -0.15) is 0 Å². The number of carbonyl (C=O) groups excluding carboxylic acids is 1. The highest BCUT2D eigenvalue weighted by molar-refractivity contribution is 5.82. The van der Waals surface area contributed by atoms with Crippen LogP contribution in [0.25, 0.3) is 0 Å². The van der Waals surface area contributed by atoms with Gasteiger partial charge in [0.1, 0.15) is 0 Å². The van der Waals surface area contributed by atoms with Crippen LogP contribution in [0.3, 0.4) is 0 Å². The average Bonchev–Trinajstić information content (AvgIpc) is 2.42. The zero-order chi connectivity index (χ0) is 13.6. The lowest BCUT2D eigenvalue weighted by atomic mass is 9.80. The van der Waals surface area contributed by atoms with Crippen molar-refractivity contribution < 1.29 is 9.53 Å². The highest BCUT2D eigenvalue weighted by atomic mass is 16.5. The molecule has 2 N–H and O–H groups in total. The maximum Gasteiger partial charge on any atom is 0.229 e. The van der Waals surface area contributed by atoms with Crippen molar-refractivity contribution in [2.45, 2.75) is 39.5 Å². The summed E-state index contributed by atoms with van der Waals surface area (Å²) in [5.41, 5.74) is 5.47. The molecule has 0 atom stereocenters. The summed E-state index contributed by atoms with van der Waals surface area (Å²) >= 11 is 0. The van der Waals surface area contributed by atoms with E-state index in [9.17, 15) is 4.79 Å². The van der Waals surface area contributed by atoms with Crippen molar-refractivity contribution in [3.63, 3.8) is 0 Å². The molecule has 0 bridgehead atoms. The van der Waals surface area contributed by atoms with E-state index in [1.807, 2.05) is 11.9 Å². The van der Waals surface area contributed by atoms with Crippen molar-refractivity contribution in [3.05, 3.63) is 0 Å². The van der Waals surface area contributed by atoms with E-state index in [4.69, 9.17) is 10.5 Å². The molecule has 0 aromatic heterocycles. The molecule has 1 aliphatic rings. The molecule has 106 valence electrons. The Morgan fingerprint density at radius 3 is 2.33 bits per heavy atom. The van der Waals surface area contributed by atoms with Gasteiger partial charge in [0, 0.05) is 33.4 Å². The van der Waals surface area contributed by atoms with Crippen LogP contribution in [0.2, 0.25) is 0 Å². The number of rotatable bonds is 6. The molecule has 0 aromatic carbocycles. The summed E-state index contributed by atoms with van der Waals surface area (Å²) in [6, 6.07) is 0. The third kappa shape index (κ3) is 3.45. The van der Waals surface area contributed by atoms with Crippen LogP contribution in [0.5, 0.6) is 0 Å². The first-order valence-corrected chi connectivity index (χ1v) is 7.13. The van der Waals surface area contributed by atoms with E-state index < -0.39 is 0 Å². The monoisotopic (exact) mass is 256 g/mol. The molecule has 18 heavy (non-hydrogen) atoms. The molecule has 0 spiro atoms. The van der Waals surface area contributed by atoms with Crippen LogP contribution in [0.4, 0.5) is 0 Å². The largest absolute Gasteiger partial charge is 0.381 e. The van der Waals surface area contributed by atoms with Gasteiger partial charge in [0.2, 0.25) is 5.91 Å². The number of hydrogen-bond donors (Lipinski definition) is 1. The summed E-state index contributed by atoms with van der Waals surface area (Å²) in [5.74, 6) is 0.790. The molecule has 1 aliphatic heterocycles. The minimum absolute atomic E-state index is 0.210. The lowest BCUT2D eigenvalue weighted by Gasteiger charge is -2.35. The van der Waals surface area contributed by atoms with Crippen LogP contribution >= 0.6 is 0 Å². The molecule has 0 unspecified atom stereocenters. The van der Waals surface area contributed by atoms with Crippen LogP contribution in [-0.4, -0.2) is 44.2 Å². The molecular formula is C14H28N2O2. The van der Waals surface area contributed by atoms with Crippen LogP contribution < -0.4 is 5.73 Å². The number of amides is 1. The van der Waals surface area contributed by atoms with Gasteiger partial charge in [0.05, 0.1) is 5.41 Å². The molecule has 1 amide bonds. The first-order chi connectivity index (χ1) is 8.59. The fraction of sp³-hybridized carbons (Fsp3) is 0.929. The summed E-state index contributed by atoms with van der Waals surface area (Å²) in [5, 5.41) is 0. The fourth-order valence-electron chi connectivity index (χ4n) is 2.73. The van der Waals surface area contributed by atoms with E-state index in [1.54, 1.807) is 0 Å². The molecule has 0 saturated carbocycles. The lowest BCUT2D eigenvalue weighted by Crippen LogP contribution is -2.47. The Hall–Kier alpha value is -0.610. The molecule has 0 aliphatic carbocycles. The van der Waals surface area contributed by atoms with Gasteiger partial charge in [-0.15, -0.1) is 0 Å². The molecule has 4 heteroatoms. The Balaban J connectivity index is 2.58. The topological polar surface area (TPSA) is 55.6 Å². The van der Waals surface area contributed by atoms with Gasteiger partial charge in [-0.3, -0.25) is 4.79 Å². The fourth-order valence-corrected chi connectivity index (χ4v) is 2.73. The smallest absolute Gasteiger partial charge is 0.229 e. The summed E-state index contributed by atoms with van der Waals surface area (Å²) < 4.78 is 5.35. The SMILES string of the molecule is CCC(CC)(CN)C(=O)N(C)CC1CCOCC1. The molecule has 1 rings (SSSR count). The number of hydrogen-bond acceptors (Lipinski definition) is 3. The Morgan fingerprint density at radius 2 is 1.89 bits per heavy atom. The van der Waals surface area contributed by atoms with E-state index in [-0.39, 0.29) is 11.3 Å². The van der Waals surface area contributed by atoms with Crippen molar-refractivity contribution in [1.82, 2.24) is 4.90 Å². The molecule has 1 fully saturated rings. The molecule has 0 radical (unpaired) electrons. The number of carbonyl (C=O) groups is 1. The standard InChI is InChI=1S/C14H28N2O2/c1-4-14(5-2,11-15)13(17)16(3)10-12-6-8-18-9-7-12/h12H,4-11,15H2,1-3H3. The third-order valence-corrected chi connectivity index (χ3v) is 4.42. The molecule has 4 nitrogen and oxygen atoms in total. The van der Waals surface area contributed by atoms with Gasteiger partial charge >= 0.3 is 0 Å². The molecular weight excluding hydrogens is 228 g/mol. The van der Waals surface area contributed by atoms with Gasteiger partial charge < -0.3 is 15.4 Å². The number of ether oxygens (including phenoxy) is 1. The van der Waals surface area contributed by atoms with Crippen molar-refractivity contribution >= 4 is 5.91 Å². The summed E-state index contributed by atoms with van der Waals surface area (Å²) in [4.78, 5) is 14.4.